The Morgan fingerprint density at radius 3 is 2.00 bits per heavy atom. The van der Waals surface area contributed by atoms with E-state index in [1.54, 1.807) is 0 Å². The first-order valence-corrected chi connectivity index (χ1v) is 5.57. The molecule has 0 aliphatic rings. The second kappa shape index (κ2) is 5.64. The normalized spacial score (nSPS) is 12.9. The summed E-state index contributed by atoms with van der Waals surface area (Å²) in [5.74, 6) is 0.832. The van der Waals surface area contributed by atoms with Crippen molar-refractivity contribution >= 4 is 0 Å². The topological polar surface area (TPSA) is 12.0 Å². The highest BCUT2D eigenvalue weighted by molar-refractivity contribution is 4.73. The van der Waals surface area contributed by atoms with Gasteiger partial charge in [0.2, 0.25) is 0 Å². The molecule has 0 spiro atoms. The molecule has 0 fully saturated rings. The third-order valence-corrected chi connectivity index (χ3v) is 2.39. The van der Waals surface area contributed by atoms with Crippen LogP contribution >= 0.6 is 0 Å². The maximum atomic E-state index is 3.51. The van der Waals surface area contributed by atoms with Gasteiger partial charge in [-0.15, -0.1) is 0 Å². The molecule has 0 aromatic heterocycles. The Morgan fingerprint density at radius 2 is 1.62 bits per heavy atom. The summed E-state index contributed by atoms with van der Waals surface area (Å²) >= 11 is 0. The van der Waals surface area contributed by atoms with Crippen LogP contribution in [0.2, 0.25) is 0 Å². The van der Waals surface area contributed by atoms with Gasteiger partial charge in [-0.05, 0) is 17.8 Å². The van der Waals surface area contributed by atoms with Crippen molar-refractivity contribution in [3.8, 4) is 0 Å². The first-order chi connectivity index (χ1) is 5.83. The molecule has 0 saturated heterocycles. The Balaban J connectivity index is 3.66. The quantitative estimate of drug-likeness (QED) is 0.668. The fourth-order valence-corrected chi connectivity index (χ4v) is 1.25. The van der Waals surface area contributed by atoms with E-state index in [1.165, 1.54) is 12.8 Å². The first-order valence-electron chi connectivity index (χ1n) is 5.57. The van der Waals surface area contributed by atoms with Crippen LogP contribution in [-0.2, 0) is 0 Å². The van der Waals surface area contributed by atoms with Crippen molar-refractivity contribution in [2.75, 3.05) is 6.54 Å². The van der Waals surface area contributed by atoms with Crippen LogP contribution in [-0.4, -0.2) is 12.6 Å². The van der Waals surface area contributed by atoms with Gasteiger partial charge in [-0.25, -0.2) is 0 Å². The third kappa shape index (κ3) is 8.29. The Labute approximate surface area is 84.3 Å². The summed E-state index contributed by atoms with van der Waals surface area (Å²) in [6, 6.07) is 0.610. The standard InChI is InChI=1S/C12H27N/c1-10(2)7-8-12(5,6)9-13-11(3)4/h10-11,13H,7-9H2,1-6H3. The van der Waals surface area contributed by atoms with Crippen LogP contribution in [0, 0.1) is 11.3 Å². The van der Waals surface area contributed by atoms with E-state index in [0.29, 0.717) is 11.5 Å². The van der Waals surface area contributed by atoms with Gasteiger partial charge in [0.1, 0.15) is 0 Å². The third-order valence-electron chi connectivity index (χ3n) is 2.39. The highest BCUT2D eigenvalue weighted by atomic mass is 14.9. The lowest BCUT2D eigenvalue weighted by atomic mass is 9.85. The molecule has 13 heavy (non-hydrogen) atoms. The van der Waals surface area contributed by atoms with Crippen molar-refractivity contribution in [1.82, 2.24) is 5.32 Å². The summed E-state index contributed by atoms with van der Waals surface area (Å²) in [6.45, 7) is 14.8. The second-order valence-corrected chi connectivity index (χ2v) is 5.63. The fraction of sp³-hybridized carbons (Fsp3) is 1.00. The van der Waals surface area contributed by atoms with Gasteiger partial charge in [0, 0.05) is 12.6 Å². The summed E-state index contributed by atoms with van der Waals surface area (Å²) in [6.07, 6.45) is 2.66. The number of rotatable bonds is 6. The molecule has 0 bridgehead atoms. The number of hydrogen-bond donors (Lipinski definition) is 1. The van der Waals surface area contributed by atoms with Gasteiger partial charge in [0.15, 0.2) is 0 Å². The van der Waals surface area contributed by atoms with Crippen molar-refractivity contribution in [1.29, 1.82) is 0 Å². The molecule has 0 aliphatic carbocycles. The average molecular weight is 185 g/mol. The van der Waals surface area contributed by atoms with Crippen LogP contribution in [0.1, 0.15) is 54.4 Å². The molecule has 80 valence electrons. The van der Waals surface area contributed by atoms with Crippen molar-refractivity contribution < 1.29 is 0 Å². The SMILES string of the molecule is CC(C)CCC(C)(C)CNC(C)C. The van der Waals surface area contributed by atoms with Crippen molar-refractivity contribution in [2.45, 2.75) is 60.4 Å². The molecular weight excluding hydrogens is 158 g/mol. The number of hydrogen-bond acceptors (Lipinski definition) is 1. The Morgan fingerprint density at radius 1 is 1.08 bits per heavy atom. The minimum Gasteiger partial charge on any atom is -0.314 e. The Kier molecular flexibility index (Phi) is 5.62. The van der Waals surface area contributed by atoms with Crippen molar-refractivity contribution in [2.24, 2.45) is 11.3 Å². The van der Waals surface area contributed by atoms with E-state index in [0.717, 1.165) is 12.5 Å². The maximum Gasteiger partial charge on any atom is 0.00106 e. The Bertz CT molecular complexity index is 111. The van der Waals surface area contributed by atoms with Crippen LogP contribution < -0.4 is 5.32 Å². The predicted octanol–water partition coefficient (Wildman–Crippen LogP) is 3.45. The Hall–Kier alpha value is -0.0400. The highest BCUT2D eigenvalue weighted by Crippen LogP contribution is 2.23. The zero-order valence-corrected chi connectivity index (χ0v) is 10.3. The number of nitrogens with one attached hydrogen (secondary N) is 1. The lowest BCUT2D eigenvalue weighted by Gasteiger charge is -2.27. The largest absolute Gasteiger partial charge is 0.314 e. The molecule has 0 radical (unpaired) electrons. The van der Waals surface area contributed by atoms with E-state index in [4.69, 9.17) is 0 Å². The molecule has 0 rings (SSSR count). The maximum absolute atomic E-state index is 3.51. The van der Waals surface area contributed by atoms with Gasteiger partial charge in [0.05, 0.1) is 0 Å². The second-order valence-electron chi connectivity index (χ2n) is 5.63. The van der Waals surface area contributed by atoms with E-state index >= 15 is 0 Å². The van der Waals surface area contributed by atoms with Gasteiger partial charge in [0.25, 0.3) is 0 Å². The van der Waals surface area contributed by atoms with Crippen LogP contribution in [0.5, 0.6) is 0 Å². The first kappa shape index (κ1) is 13.0. The lowest BCUT2D eigenvalue weighted by molar-refractivity contribution is 0.281. The molecule has 0 heterocycles. The minimum atomic E-state index is 0.453. The molecule has 0 aromatic rings. The van der Waals surface area contributed by atoms with Gasteiger partial charge in [-0.2, -0.15) is 0 Å². The molecule has 1 nitrogen and oxygen atoms in total. The monoisotopic (exact) mass is 185 g/mol. The molecule has 0 aromatic carbocycles. The molecule has 1 N–H and O–H groups in total. The van der Waals surface area contributed by atoms with Crippen LogP contribution in [0.4, 0.5) is 0 Å². The van der Waals surface area contributed by atoms with E-state index in [1.807, 2.05) is 0 Å². The summed E-state index contributed by atoms with van der Waals surface area (Å²) < 4.78 is 0. The molecule has 0 atom stereocenters. The molecule has 0 unspecified atom stereocenters. The fourth-order valence-electron chi connectivity index (χ4n) is 1.25. The van der Waals surface area contributed by atoms with Crippen LogP contribution in [0.15, 0.2) is 0 Å². The van der Waals surface area contributed by atoms with Gasteiger partial charge >= 0.3 is 0 Å². The van der Waals surface area contributed by atoms with Crippen LogP contribution in [0.3, 0.4) is 0 Å². The molecule has 0 aliphatic heterocycles. The summed E-state index contributed by atoms with van der Waals surface area (Å²) in [5, 5.41) is 3.51. The smallest absolute Gasteiger partial charge is 0.00106 e. The van der Waals surface area contributed by atoms with E-state index < -0.39 is 0 Å². The summed E-state index contributed by atoms with van der Waals surface area (Å²) in [5.41, 5.74) is 0.453. The van der Waals surface area contributed by atoms with Crippen LogP contribution in [0.25, 0.3) is 0 Å². The average Bonchev–Trinajstić information content (AvgIpc) is 1.98. The van der Waals surface area contributed by atoms with E-state index in [-0.39, 0.29) is 0 Å². The zero-order chi connectivity index (χ0) is 10.5. The van der Waals surface area contributed by atoms with Gasteiger partial charge < -0.3 is 5.32 Å². The van der Waals surface area contributed by atoms with Gasteiger partial charge in [-0.3, -0.25) is 0 Å². The predicted molar refractivity (Wildman–Crippen MR) is 61.0 cm³/mol. The van der Waals surface area contributed by atoms with E-state index in [2.05, 4.69) is 46.9 Å². The zero-order valence-electron chi connectivity index (χ0n) is 10.3. The van der Waals surface area contributed by atoms with Crippen molar-refractivity contribution in [3.05, 3.63) is 0 Å². The summed E-state index contributed by atoms with van der Waals surface area (Å²) in [4.78, 5) is 0. The van der Waals surface area contributed by atoms with Gasteiger partial charge in [-0.1, -0.05) is 48.0 Å². The van der Waals surface area contributed by atoms with Crippen molar-refractivity contribution in [3.63, 3.8) is 0 Å². The molecular formula is C12H27N. The van der Waals surface area contributed by atoms with E-state index in [9.17, 15) is 0 Å². The highest BCUT2D eigenvalue weighted by Gasteiger charge is 2.17. The molecule has 1 heteroatoms. The lowest BCUT2D eigenvalue weighted by Crippen LogP contribution is -2.34. The molecule has 0 saturated carbocycles. The summed E-state index contributed by atoms with van der Waals surface area (Å²) in [7, 11) is 0. The molecule has 0 amide bonds. The minimum absolute atomic E-state index is 0.453.